The maximum atomic E-state index is 13.5. The van der Waals surface area contributed by atoms with Crippen molar-refractivity contribution in [1.82, 2.24) is 0 Å². The van der Waals surface area contributed by atoms with Gasteiger partial charge < -0.3 is 9.73 Å². The Morgan fingerprint density at radius 3 is 2.33 bits per heavy atom. The molecule has 108 valence electrons. The third kappa shape index (κ3) is 2.33. The minimum absolute atomic E-state index is 0.0340. The van der Waals surface area contributed by atoms with Gasteiger partial charge in [-0.05, 0) is 6.07 Å². The smallest absolute Gasteiger partial charge is 0.185 e. The number of furan rings is 1. The molecule has 0 amide bonds. The van der Waals surface area contributed by atoms with Gasteiger partial charge in [-0.15, -0.1) is 0 Å². The van der Waals surface area contributed by atoms with Crippen LogP contribution < -0.4 is 5.32 Å². The SMILES string of the molecule is Fc1cc(F)c(F)c(NCc2coc3ccccc23)c1F. The number of nitrogens with one attached hydrogen (secondary N) is 1. The van der Waals surface area contributed by atoms with Crippen LogP contribution >= 0.6 is 0 Å². The van der Waals surface area contributed by atoms with Crippen LogP contribution in [0.1, 0.15) is 5.56 Å². The van der Waals surface area contributed by atoms with Gasteiger partial charge in [0.2, 0.25) is 0 Å². The van der Waals surface area contributed by atoms with Crippen LogP contribution in [0, 0.1) is 23.3 Å². The monoisotopic (exact) mass is 295 g/mol. The zero-order chi connectivity index (χ0) is 15.0. The molecule has 6 heteroatoms. The van der Waals surface area contributed by atoms with Crippen molar-refractivity contribution < 1.29 is 22.0 Å². The highest BCUT2D eigenvalue weighted by atomic mass is 19.2. The highest BCUT2D eigenvalue weighted by Crippen LogP contribution is 2.26. The average molecular weight is 295 g/mol. The van der Waals surface area contributed by atoms with E-state index in [2.05, 4.69) is 5.32 Å². The number of benzene rings is 2. The van der Waals surface area contributed by atoms with Crippen molar-refractivity contribution >= 4 is 16.7 Å². The molecule has 0 saturated heterocycles. The second kappa shape index (κ2) is 5.12. The molecule has 0 saturated carbocycles. The molecule has 1 heterocycles. The van der Waals surface area contributed by atoms with Gasteiger partial charge in [-0.1, -0.05) is 18.2 Å². The molecule has 1 aromatic heterocycles. The van der Waals surface area contributed by atoms with Gasteiger partial charge in [0.25, 0.3) is 0 Å². The van der Waals surface area contributed by atoms with Gasteiger partial charge in [0, 0.05) is 23.6 Å². The molecule has 0 radical (unpaired) electrons. The summed E-state index contributed by atoms with van der Waals surface area (Å²) in [6.07, 6.45) is 1.42. The van der Waals surface area contributed by atoms with Crippen LogP contribution in [0.25, 0.3) is 11.0 Å². The van der Waals surface area contributed by atoms with Crippen molar-refractivity contribution in [2.45, 2.75) is 6.54 Å². The molecule has 1 N–H and O–H groups in total. The molecule has 0 unspecified atom stereocenters. The Labute approximate surface area is 117 Å². The van der Waals surface area contributed by atoms with Crippen LogP contribution in [0.5, 0.6) is 0 Å². The third-order valence-corrected chi connectivity index (χ3v) is 3.13. The first-order chi connectivity index (χ1) is 10.1. The summed E-state index contributed by atoms with van der Waals surface area (Å²) in [6.45, 7) is -0.0340. The van der Waals surface area contributed by atoms with Crippen LogP contribution in [0.4, 0.5) is 23.2 Å². The average Bonchev–Trinajstić information content (AvgIpc) is 2.89. The van der Waals surface area contributed by atoms with Gasteiger partial charge in [-0.25, -0.2) is 17.6 Å². The molecule has 0 fully saturated rings. The van der Waals surface area contributed by atoms with Gasteiger partial charge in [0.15, 0.2) is 23.3 Å². The summed E-state index contributed by atoms with van der Waals surface area (Å²) in [6, 6.07) is 7.24. The maximum absolute atomic E-state index is 13.5. The minimum Gasteiger partial charge on any atom is -0.464 e. The topological polar surface area (TPSA) is 25.2 Å². The predicted octanol–water partition coefficient (Wildman–Crippen LogP) is 4.60. The molecule has 3 rings (SSSR count). The van der Waals surface area contributed by atoms with Gasteiger partial charge in [0.05, 0.1) is 6.26 Å². The first kappa shape index (κ1) is 13.5. The highest BCUT2D eigenvalue weighted by Gasteiger charge is 2.19. The standard InChI is InChI=1S/C15H9F4NO/c16-10-5-11(17)14(19)15(13(10)18)20-6-8-7-21-12-4-2-1-3-9(8)12/h1-5,7,20H,6H2. The fourth-order valence-electron chi connectivity index (χ4n) is 2.08. The lowest BCUT2D eigenvalue weighted by molar-refractivity contribution is 0.458. The van der Waals surface area contributed by atoms with Crippen LogP contribution in [-0.2, 0) is 6.54 Å². The second-order valence-electron chi connectivity index (χ2n) is 4.45. The molecule has 3 aromatic rings. The van der Waals surface area contributed by atoms with E-state index in [0.717, 1.165) is 5.39 Å². The largest absolute Gasteiger partial charge is 0.464 e. The number of hydrogen-bond acceptors (Lipinski definition) is 2. The zero-order valence-electron chi connectivity index (χ0n) is 10.6. The summed E-state index contributed by atoms with van der Waals surface area (Å²) in [5, 5.41) is 3.12. The second-order valence-corrected chi connectivity index (χ2v) is 4.45. The molecule has 2 nitrogen and oxygen atoms in total. The van der Waals surface area contributed by atoms with Crippen molar-refractivity contribution in [3.63, 3.8) is 0 Å². The summed E-state index contributed by atoms with van der Waals surface area (Å²) in [5.74, 6) is -5.81. The Balaban J connectivity index is 1.92. The van der Waals surface area contributed by atoms with Crippen molar-refractivity contribution in [1.29, 1.82) is 0 Å². The normalized spacial score (nSPS) is 11.0. The van der Waals surface area contributed by atoms with E-state index in [1.54, 1.807) is 24.3 Å². The fraction of sp³-hybridized carbons (Fsp3) is 0.0667. The van der Waals surface area contributed by atoms with Gasteiger partial charge >= 0.3 is 0 Å². The lowest BCUT2D eigenvalue weighted by Gasteiger charge is -2.09. The maximum Gasteiger partial charge on any atom is 0.185 e. The lowest BCUT2D eigenvalue weighted by atomic mass is 10.1. The highest BCUT2D eigenvalue weighted by molar-refractivity contribution is 5.81. The molecule has 0 atom stereocenters. The van der Waals surface area contributed by atoms with Gasteiger partial charge in [-0.3, -0.25) is 0 Å². The Morgan fingerprint density at radius 1 is 0.952 bits per heavy atom. The molecule has 0 aliphatic rings. The van der Waals surface area contributed by atoms with Crippen molar-refractivity contribution in [3.8, 4) is 0 Å². The van der Waals surface area contributed by atoms with E-state index in [4.69, 9.17) is 4.42 Å². The number of rotatable bonds is 3. The van der Waals surface area contributed by atoms with E-state index in [9.17, 15) is 17.6 Å². The molecule has 21 heavy (non-hydrogen) atoms. The summed E-state index contributed by atoms with van der Waals surface area (Å²) in [7, 11) is 0. The van der Waals surface area contributed by atoms with Gasteiger partial charge in [0.1, 0.15) is 11.3 Å². The third-order valence-electron chi connectivity index (χ3n) is 3.13. The lowest BCUT2D eigenvalue weighted by Crippen LogP contribution is -2.07. The minimum atomic E-state index is -1.46. The van der Waals surface area contributed by atoms with Crippen molar-refractivity contribution in [2.24, 2.45) is 0 Å². The summed E-state index contributed by atoms with van der Waals surface area (Å²) in [5.41, 5.74) is 0.396. The number of para-hydroxylation sites is 1. The number of fused-ring (bicyclic) bond motifs is 1. The quantitative estimate of drug-likeness (QED) is 0.564. The van der Waals surface area contributed by atoms with E-state index < -0.39 is 29.0 Å². The Bertz CT molecular complexity index is 787. The Hall–Kier alpha value is -2.50. The zero-order valence-corrected chi connectivity index (χ0v) is 10.6. The predicted molar refractivity (Wildman–Crippen MR) is 69.8 cm³/mol. The molecular formula is C15H9F4NO. The van der Waals surface area contributed by atoms with Crippen LogP contribution in [0.15, 0.2) is 41.0 Å². The van der Waals surface area contributed by atoms with E-state index in [-0.39, 0.29) is 12.6 Å². The number of halogens is 4. The van der Waals surface area contributed by atoms with E-state index >= 15 is 0 Å². The Morgan fingerprint density at radius 2 is 1.62 bits per heavy atom. The summed E-state index contributed by atoms with van der Waals surface area (Å²) in [4.78, 5) is 0. The molecular weight excluding hydrogens is 286 g/mol. The fourth-order valence-corrected chi connectivity index (χ4v) is 2.08. The first-order valence-corrected chi connectivity index (χ1v) is 6.10. The van der Waals surface area contributed by atoms with Crippen molar-refractivity contribution in [2.75, 3.05) is 5.32 Å². The number of hydrogen-bond donors (Lipinski definition) is 1. The molecule has 0 aliphatic carbocycles. The van der Waals surface area contributed by atoms with E-state index in [1.165, 1.54) is 6.26 Å². The Kier molecular flexibility index (Phi) is 3.29. The first-order valence-electron chi connectivity index (χ1n) is 6.10. The van der Waals surface area contributed by atoms with Crippen molar-refractivity contribution in [3.05, 3.63) is 65.4 Å². The van der Waals surface area contributed by atoms with Crippen LogP contribution in [0.3, 0.4) is 0 Å². The molecule has 0 spiro atoms. The van der Waals surface area contributed by atoms with Crippen LogP contribution in [0.2, 0.25) is 0 Å². The van der Waals surface area contributed by atoms with E-state index in [0.29, 0.717) is 11.1 Å². The van der Waals surface area contributed by atoms with E-state index in [1.807, 2.05) is 0 Å². The molecule has 0 aliphatic heterocycles. The summed E-state index contributed by atoms with van der Waals surface area (Å²) < 4.78 is 58.5. The number of anilines is 1. The molecule has 2 aromatic carbocycles. The van der Waals surface area contributed by atoms with Gasteiger partial charge in [-0.2, -0.15) is 0 Å². The summed E-state index contributed by atoms with van der Waals surface area (Å²) >= 11 is 0. The molecule has 0 bridgehead atoms. The van der Waals surface area contributed by atoms with Crippen LogP contribution in [-0.4, -0.2) is 0 Å².